The standard InChI is InChI=1S/C18H22N2O2S.ClH/c21-18(12-15-13-23-11-9-19-15)20-8-10-22-17-7-3-5-14-4-1-2-6-16(14)17;/h1-7,15,19H,8-13H2,(H,20,21);1H. The van der Waals surface area contributed by atoms with Gasteiger partial charge in [-0.1, -0.05) is 36.4 Å². The topological polar surface area (TPSA) is 50.4 Å². The Morgan fingerprint density at radius 3 is 2.92 bits per heavy atom. The van der Waals surface area contributed by atoms with Crippen LogP contribution in [0.4, 0.5) is 0 Å². The second kappa shape index (κ2) is 9.77. The second-order valence-corrected chi connectivity index (χ2v) is 6.76. The second-order valence-electron chi connectivity index (χ2n) is 5.61. The fraction of sp³-hybridized carbons (Fsp3) is 0.389. The van der Waals surface area contributed by atoms with Gasteiger partial charge in [-0.05, 0) is 11.5 Å². The summed E-state index contributed by atoms with van der Waals surface area (Å²) in [4.78, 5) is 11.9. The number of hydrogen-bond acceptors (Lipinski definition) is 4. The molecule has 0 aromatic heterocycles. The number of rotatable bonds is 6. The van der Waals surface area contributed by atoms with Gasteiger partial charge in [0.15, 0.2) is 0 Å². The molecule has 2 N–H and O–H groups in total. The van der Waals surface area contributed by atoms with Crippen molar-refractivity contribution >= 4 is 40.8 Å². The van der Waals surface area contributed by atoms with Crippen LogP contribution in [0.5, 0.6) is 5.75 Å². The Morgan fingerprint density at radius 1 is 1.25 bits per heavy atom. The molecule has 24 heavy (non-hydrogen) atoms. The molecule has 1 aliphatic heterocycles. The van der Waals surface area contributed by atoms with E-state index in [1.807, 2.05) is 36.0 Å². The summed E-state index contributed by atoms with van der Waals surface area (Å²) in [6, 6.07) is 14.5. The Bertz CT molecular complexity index is 657. The highest BCUT2D eigenvalue weighted by atomic mass is 35.5. The van der Waals surface area contributed by atoms with Crippen LogP contribution in [-0.4, -0.2) is 43.2 Å². The Hall–Kier alpha value is -1.43. The maximum absolute atomic E-state index is 11.9. The summed E-state index contributed by atoms with van der Waals surface area (Å²) >= 11 is 1.90. The summed E-state index contributed by atoms with van der Waals surface area (Å²) in [6.07, 6.45) is 0.543. The van der Waals surface area contributed by atoms with E-state index in [9.17, 15) is 4.79 Å². The molecule has 1 aliphatic rings. The van der Waals surface area contributed by atoms with E-state index in [0.717, 1.165) is 34.6 Å². The normalized spacial score (nSPS) is 17.1. The van der Waals surface area contributed by atoms with Crippen molar-refractivity contribution in [3.63, 3.8) is 0 Å². The van der Waals surface area contributed by atoms with Crippen LogP contribution < -0.4 is 15.4 Å². The lowest BCUT2D eigenvalue weighted by Crippen LogP contribution is -2.41. The van der Waals surface area contributed by atoms with E-state index in [-0.39, 0.29) is 18.3 Å². The Morgan fingerprint density at radius 2 is 2.08 bits per heavy atom. The summed E-state index contributed by atoms with van der Waals surface area (Å²) in [6.45, 7) is 2.00. The quantitative estimate of drug-likeness (QED) is 0.772. The fourth-order valence-corrected chi connectivity index (χ4v) is 3.67. The van der Waals surface area contributed by atoms with Gasteiger partial charge in [0.25, 0.3) is 0 Å². The molecule has 3 rings (SSSR count). The molecule has 4 nitrogen and oxygen atoms in total. The summed E-state index contributed by atoms with van der Waals surface area (Å²) in [5.74, 6) is 3.10. The molecule has 1 fully saturated rings. The average molecular weight is 367 g/mol. The van der Waals surface area contributed by atoms with Crippen molar-refractivity contribution in [2.45, 2.75) is 12.5 Å². The minimum atomic E-state index is 0. The molecule has 1 atom stereocenters. The smallest absolute Gasteiger partial charge is 0.221 e. The number of fused-ring (bicyclic) bond motifs is 1. The molecule has 1 amide bonds. The van der Waals surface area contributed by atoms with E-state index in [4.69, 9.17) is 4.74 Å². The van der Waals surface area contributed by atoms with Crippen LogP contribution in [0.1, 0.15) is 6.42 Å². The molecule has 1 saturated heterocycles. The minimum absolute atomic E-state index is 0. The number of hydrogen-bond donors (Lipinski definition) is 2. The zero-order chi connectivity index (χ0) is 15.9. The van der Waals surface area contributed by atoms with Gasteiger partial charge in [0, 0.05) is 35.9 Å². The molecule has 1 heterocycles. The average Bonchev–Trinajstić information content (AvgIpc) is 2.60. The zero-order valence-corrected chi connectivity index (χ0v) is 15.1. The molecule has 0 radical (unpaired) electrons. The van der Waals surface area contributed by atoms with E-state index >= 15 is 0 Å². The monoisotopic (exact) mass is 366 g/mol. The third-order valence-corrected chi connectivity index (χ3v) is 4.99. The van der Waals surface area contributed by atoms with Crippen LogP contribution >= 0.6 is 24.2 Å². The number of ether oxygens (including phenoxy) is 1. The molecule has 0 bridgehead atoms. The first-order valence-electron chi connectivity index (χ1n) is 8.01. The lowest BCUT2D eigenvalue weighted by atomic mass is 10.1. The number of halogens is 1. The molecule has 130 valence electrons. The van der Waals surface area contributed by atoms with E-state index in [0.29, 0.717) is 25.6 Å². The molecular weight excluding hydrogens is 344 g/mol. The van der Waals surface area contributed by atoms with Crippen molar-refractivity contribution in [2.75, 3.05) is 31.2 Å². The van der Waals surface area contributed by atoms with Gasteiger partial charge < -0.3 is 15.4 Å². The van der Waals surface area contributed by atoms with Gasteiger partial charge >= 0.3 is 0 Å². The molecule has 2 aromatic rings. The molecule has 6 heteroatoms. The van der Waals surface area contributed by atoms with Crippen molar-refractivity contribution in [3.8, 4) is 5.75 Å². The fourth-order valence-electron chi connectivity index (χ4n) is 2.72. The van der Waals surface area contributed by atoms with E-state index in [1.54, 1.807) is 0 Å². The maximum Gasteiger partial charge on any atom is 0.221 e. The van der Waals surface area contributed by atoms with E-state index in [1.165, 1.54) is 0 Å². The predicted octanol–water partition coefficient (Wildman–Crippen LogP) is 2.85. The molecular formula is C18H23ClN2O2S. The summed E-state index contributed by atoms with van der Waals surface area (Å²) in [5, 5.41) is 8.57. The molecule has 2 aromatic carbocycles. The Labute approximate surface area is 153 Å². The number of amides is 1. The van der Waals surface area contributed by atoms with Crippen molar-refractivity contribution < 1.29 is 9.53 Å². The molecule has 0 aliphatic carbocycles. The van der Waals surface area contributed by atoms with Crippen LogP contribution in [0.15, 0.2) is 42.5 Å². The number of benzene rings is 2. The zero-order valence-electron chi connectivity index (χ0n) is 13.5. The maximum atomic E-state index is 11.9. The van der Waals surface area contributed by atoms with Gasteiger partial charge in [0.05, 0.1) is 6.54 Å². The van der Waals surface area contributed by atoms with E-state index in [2.05, 4.69) is 28.8 Å². The SMILES string of the molecule is Cl.O=C(CC1CSCCN1)NCCOc1cccc2ccccc12. The van der Waals surface area contributed by atoms with Gasteiger partial charge in [-0.25, -0.2) is 0 Å². The summed E-state index contributed by atoms with van der Waals surface area (Å²) in [7, 11) is 0. The molecule has 0 spiro atoms. The van der Waals surface area contributed by atoms with Gasteiger partial charge in [0.2, 0.25) is 5.91 Å². The number of carbonyl (C=O) groups is 1. The molecule has 0 saturated carbocycles. The van der Waals surface area contributed by atoms with Crippen molar-refractivity contribution in [1.82, 2.24) is 10.6 Å². The Balaban J connectivity index is 0.00000208. The summed E-state index contributed by atoms with van der Waals surface area (Å²) < 4.78 is 5.83. The van der Waals surface area contributed by atoms with E-state index < -0.39 is 0 Å². The van der Waals surface area contributed by atoms with Crippen molar-refractivity contribution in [1.29, 1.82) is 0 Å². The lowest BCUT2D eigenvalue weighted by Gasteiger charge is -2.22. The predicted molar refractivity (Wildman–Crippen MR) is 103 cm³/mol. The van der Waals surface area contributed by atoms with Crippen LogP contribution in [0.25, 0.3) is 10.8 Å². The number of carbonyl (C=O) groups excluding carboxylic acids is 1. The summed E-state index contributed by atoms with van der Waals surface area (Å²) in [5.41, 5.74) is 0. The lowest BCUT2D eigenvalue weighted by molar-refractivity contribution is -0.121. The van der Waals surface area contributed by atoms with Gasteiger partial charge in [-0.2, -0.15) is 11.8 Å². The van der Waals surface area contributed by atoms with Gasteiger partial charge in [-0.3, -0.25) is 4.79 Å². The molecule has 1 unspecified atom stereocenters. The highest BCUT2D eigenvalue weighted by Gasteiger charge is 2.16. The van der Waals surface area contributed by atoms with Crippen LogP contribution in [-0.2, 0) is 4.79 Å². The first-order valence-corrected chi connectivity index (χ1v) is 9.17. The highest BCUT2D eigenvalue weighted by Crippen LogP contribution is 2.24. The van der Waals surface area contributed by atoms with Gasteiger partial charge in [-0.15, -0.1) is 12.4 Å². The minimum Gasteiger partial charge on any atom is -0.491 e. The van der Waals surface area contributed by atoms with Gasteiger partial charge in [0.1, 0.15) is 12.4 Å². The first kappa shape index (κ1) is 18.9. The highest BCUT2D eigenvalue weighted by molar-refractivity contribution is 7.99. The number of thioether (sulfide) groups is 1. The third kappa shape index (κ3) is 5.30. The largest absolute Gasteiger partial charge is 0.491 e. The Kier molecular flexibility index (Phi) is 7.69. The van der Waals surface area contributed by atoms with Crippen molar-refractivity contribution in [2.24, 2.45) is 0 Å². The van der Waals surface area contributed by atoms with Crippen LogP contribution in [0.3, 0.4) is 0 Å². The van der Waals surface area contributed by atoms with Crippen molar-refractivity contribution in [3.05, 3.63) is 42.5 Å². The van der Waals surface area contributed by atoms with Crippen LogP contribution in [0.2, 0.25) is 0 Å². The van der Waals surface area contributed by atoms with Crippen LogP contribution in [0, 0.1) is 0 Å². The number of nitrogens with one attached hydrogen (secondary N) is 2. The third-order valence-electron chi connectivity index (χ3n) is 3.86. The first-order chi connectivity index (χ1) is 11.3.